The van der Waals surface area contributed by atoms with Crippen molar-refractivity contribution >= 4 is 5.84 Å². The van der Waals surface area contributed by atoms with Crippen LogP contribution >= 0.6 is 0 Å². The van der Waals surface area contributed by atoms with Crippen LogP contribution in [0, 0.1) is 0 Å². The van der Waals surface area contributed by atoms with E-state index in [9.17, 15) is 0 Å². The fraction of sp³-hybridized carbons (Fsp3) is 0.381. The van der Waals surface area contributed by atoms with E-state index < -0.39 is 0 Å². The second-order valence-corrected chi connectivity index (χ2v) is 6.32. The lowest BCUT2D eigenvalue weighted by Gasteiger charge is -2.05. The van der Waals surface area contributed by atoms with E-state index >= 15 is 0 Å². The van der Waals surface area contributed by atoms with Gasteiger partial charge in [0, 0.05) is 5.56 Å². The van der Waals surface area contributed by atoms with E-state index in [2.05, 4.69) is 47.6 Å². The number of unbranched alkanes of at least 4 members (excludes halogenated alkanes) is 5. The predicted molar refractivity (Wildman–Crippen MR) is 103 cm³/mol. The van der Waals surface area contributed by atoms with E-state index in [1.807, 2.05) is 12.1 Å². The Morgan fingerprint density at radius 1 is 0.667 bits per heavy atom. The van der Waals surface area contributed by atoms with Crippen molar-refractivity contribution in [1.29, 1.82) is 0 Å². The van der Waals surface area contributed by atoms with Gasteiger partial charge in [-0.15, -0.1) is 0 Å². The van der Waals surface area contributed by atoms with Gasteiger partial charge in [-0.3, -0.25) is 0 Å². The van der Waals surface area contributed by atoms with Crippen molar-refractivity contribution in [3.63, 3.8) is 0 Å². The van der Waals surface area contributed by atoms with Crippen LogP contribution in [0.15, 0.2) is 59.7 Å². The molecule has 3 nitrogen and oxygen atoms in total. The summed E-state index contributed by atoms with van der Waals surface area (Å²) in [6.45, 7) is 0. The van der Waals surface area contributed by atoms with Gasteiger partial charge in [0.2, 0.25) is 0 Å². The molecule has 0 aliphatic rings. The first kappa shape index (κ1) is 18.1. The molecule has 128 valence electrons. The van der Waals surface area contributed by atoms with Crippen LogP contribution < -0.4 is 11.6 Å². The van der Waals surface area contributed by atoms with E-state index in [4.69, 9.17) is 11.6 Å². The number of amidine groups is 1. The van der Waals surface area contributed by atoms with E-state index in [0.717, 1.165) is 12.0 Å². The Morgan fingerprint density at radius 2 is 1.17 bits per heavy atom. The maximum Gasteiger partial charge on any atom is 0.150 e. The van der Waals surface area contributed by atoms with E-state index in [1.165, 1.54) is 56.1 Å². The van der Waals surface area contributed by atoms with Gasteiger partial charge >= 0.3 is 0 Å². The number of rotatable bonds is 10. The molecule has 0 saturated heterocycles. The fourth-order valence-corrected chi connectivity index (χ4v) is 2.93. The highest BCUT2D eigenvalue weighted by Gasteiger charge is 1.99. The minimum atomic E-state index is 0.386. The topological polar surface area (TPSA) is 64.4 Å². The lowest BCUT2D eigenvalue weighted by atomic mass is 10.0. The van der Waals surface area contributed by atoms with Crippen molar-refractivity contribution < 1.29 is 0 Å². The largest absolute Gasteiger partial charge is 0.382 e. The molecule has 0 amide bonds. The van der Waals surface area contributed by atoms with Gasteiger partial charge in [0.15, 0.2) is 0 Å². The Labute approximate surface area is 145 Å². The Bertz CT molecular complexity index is 603. The summed E-state index contributed by atoms with van der Waals surface area (Å²) in [4.78, 5) is 0. The maximum absolute atomic E-state index is 5.69. The average molecular weight is 323 g/mol. The maximum atomic E-state index is 5.69. The van der Waals surface area contributed by atoms with Gasteiger partial charge in [0.05, 0.1) is 0 Å². The molecule has 24 heavy (non-hydrogen) atoms. The number of nitrogens with two attached hydrogens (primary N) is 2. The zero-order valence-corrected chi connectivity index (χ0v) is 14.5. The number of hydrogen-bond donors (Lipinski definition) is 2. The van der Waals surface area contributed by atoms with Crippen molar-refractivity contribution in [2.45, 2.75) is 51.4 Å². The molecule has 0 heterocycles. The predicted octanol–water partition coefficient (Wildman–Crippen LogP) is 4.39. The number of hydrazone groups is 1. The monoisotopic (exact) mass is 323 g/mol. The van der Waals surface area contributed by atoms with Crippen LogP contribution in [0.1, 0.15) is 55.2 Å². The molecule has 0 aliphatic heterocycles. The molecule has 0 aliphatic carbocycles. The quantitative estimate of drug-likeness (QED) is 0.224. The third kappa shape index (κ3) is 6.45. The fourth-order valence-electron chi connectivity index (χ4n) is 2.93. The van der Waals surface area contributed by atoms with Gasteiger partial charge in [0.1, 0.15) is 5.84 Å². The molecule has 0 atom stereocenters. The second kappa shape index (κ2) is 10.5. The van der Waals surface area contributed by atoms with Crippen molar-refractivity contribution in [2.75, 3.05) is 0 Å². The molecule has 4 N–H and O–H groups in total. The number of benzene rings is 2. The first-order valence-corrected chi connectivity index (χ1v) is 8.96. The second-order valence-electron chi connectivity index (χ2n) is 6.32. The summed E-state index contributed by atoms with van der Waals surface area (Å²) in [7, 11) is 0. The van der Waals surface area contributed by atoms with Crippen LogP contribution in [-0.2, 0) is 12.8 Å². The van der Waals surface area contributed by atoms with Gasteiger partial charge in [-0.2, -0.15) is 5.10 Å². The summed E-state index contributed by atoms with van der Waals surface area (Å²) < 4.78 is 0. The molecule has 0 unspecified atom stereocenters. The van der Waals surface area contributed by atoms with Crippen molar-refractivity contribution in [2.24, 2.45) is 16.7 Å². The molecular weight excluding hydrogens is 294 g/mol. The average Bonchev–Trinajstić information content (AvgIpc) is 2.64. The molecule has 0 spiro atoms. The lowest BCUT2D eigenvalue weighted by Crippen LogP contribution is -2.15. The summed E-state index contributed by atoms with van der Waals surface area (Å²) in [5, 5.41) is 3.51. The van der Waals surface area contributed by atoms with Crippen molar-refractivity contribution in [3.8, 4) is 0 Å². The lowest BCUT2D eigenvalue weighted by molar-refractivity contribution is 0.594. The Morgan fingerprint density at radius 3 is 1.71 bits per heavy atom. The molecule has 2 aromatic rings. The summed E-state index contributed by atoms with van der Waals surface area (Å²) in [5.74, 6) is 5.57. The van der Waals surface area contributed by atoms with Crippen LogP contribution in [0.4, 0.5) is 0 Å². The van der Waals surface area contributed by atoms with Gasteiger partial charge in [-0.25, -0.2) is 0 Å². The van der Waals surface area contributed by atoms with Crippen LogP contribution in [0.5, 0.6) is 0 Å². The van der Waals surface area contributed by atoms with Gasteiger partial charge in [-0.1, -0.05) is 80.3 Å². The van der Waals surface area contributed by atoms with E-state index in [-0.39, 0.29) is 0 Å². The molecule has 0 aromatic heterocycles. The minimum absolute atomic E-state index is 0.386. The minimum Gasteiger partial charge on any atom is -0.382 e. The molecule has 2 aromatic carbocycles. The highest BCUT2D eigenvalue weighted by atomic mass is 15.1. The molecule has 2 rings (SSSR count). The molecule has 0 bridgehead atoms. The number of aryl methyl sites for hydroxylation is 2. The summed E-state index contributed by atoms with van der Waals surface area (Å²) >= 11 is 0. The molecular formula is C21H29N3. The van der Waals surface area contributed by atoms with E-state index in [1.54, 1.807) is 0 Å². The number of hydrogen-bond acceptors (Lipinski definition) is 2. The standard InChI is InChI=1S/C21H29N3/c22-21(24-23)20-16-14-19(15-17-20)13-7-4-2-1-3-6-10-18-11-8-5-9-12-18/h5,8-9,11-12,14-17H,1-4,6-7,10,13,23H2,(H2,22,24). The zero-order chi connectivity index (χ0) is 17.0. The van der Waals surface area contributed by atoms with Crippen LogP contribution in [0.3, 0.4) is 0 Å². The molecule has 3 heteroatoms. The summed E-state index contributed by atoms with van der Waals surface area (Å²) in [6.07, 6.45) is 10.2. The highest BCUT2D eigenvalue weighted by Crippen LogP contribution is 2.12. The van der Waals surface area contributed by atoms with Crippen LogP contribution in [0.25, 0.3) is 0 Å². The first-order valence-electron chi connectivity index (χ1n) is 8.96. The zero-order valence-electron chi connectivity index (χ0n) is 14.5. The van der Waals surface area contributed by atoms with Crippen LogP contribution in [-0.4, -0.2) is 5.84 Å². The Hall–Kier alpha value is -2.29. The Kier molecular flexibility index (Phi) is 7.88. The van der Waals surface area contributed by atoms with Gasteiger partial charge in [-0.05, 0) is 36.8 Å². The summed E-state index contributed by atoms with van der Waals surface area (Å²) in [6, 6.07) is 19.0. The van der Waals surface area contributed by atoms with Crippen LogP contribution in [0.2, 0.25) is 0 Å². The van der Waals surface area contributed by atoms with E-state index in [0.29, 0.717) is 5.84 Å². The third-order valence-electron chi connectivity index (χ3n) is 4.41. The summed E-state index contributed by atoms with van der Waals surface area (Å²) in [5.41, 5.74) is 9.39. The first-order chi connectivity index (χ1) is 11.8. The normalized spacial score (nSPS) is 11.6. The van der Waals surface area contributed by atoms with Crippen molar-refractivity contribution in [1.82, 2.24) is 0 Å². The third-order valence-corrected chi connectivity index (χ3v) is 4.41. The number of nitrogens with zero attached hydrogens (tertiary/aromatic N) is 1. The van der Waals surface area contributed by atoms with Crippen molar-refractivity contribution in [3.05, 3.63) is 71.3 Å². The molecule has 0 fully saturated rings. The SMILES string of the molecule is N/N=C(\N)c1ccc(CCCCCCCCc2ccccc2)cc1. The van der Waals surface area contributed by atoms with Gasteiger partial charge in [0.25, 0.3) is 0 Å². The highest BCUT2D eigenvalue weighted by molar-refractivity contribution is 5.97. The Balaban J connectivity index is 1.52. The molecule has 0 saturated carbocycles. The van der Waals surface area contributed by atoms with Gasteiger partial charge < -0.3 is 11.6 Å². The molecule has 0 radical (unpaired) electrons. The smallest absolute Gasteiger partial charge is 0.150 e.